The zero-order valence-electron chi connectivity index (χ0n) is 6.11. The molecule has 2 heterocycles. The summed E-state index contributed by atoms with van der Waals surface area (Å²) in [4.78, 5) is 0. The van der Waals surface area contributed by atoms with Crippen molar-refractivity contribution in [3.8, 4) is 0 Å². The van der Waals surface area contributed by atoms with Crippen molar-refractivity contribution in [3.05, 3.63) is 35.0 Å². The Morgan fingerprint density at radius 2 is 1.50 bits per heavy atom. The molecule has 0 fully saturated rings. The van der Waals surface area contributed by atoms with Crippen LogP contribution in [-0.2, 0) is 0 Å². The summed E-state index contributed by atoms with van der Waals surface area (Å²) in [6, 6.07) is 8.41. The van der Waals surface area contributed by atoms with Gasteiger partial charge in [-0.05, 0) is 0 Å². The van der Waals surface area contributed by atoms with Gasteiger partial charge in [0.2, 0.25) is 0 Å². The van der Waals surface area contributed by atoms with E-state index in [2.05, 4.69) is 35.0 Å². The average molecular weight is 277 g/mol. The molecule has 0 aromatic carbocycles. The first-order valence-electron chi connectivity index (χ1n) is 3.41. The molecule has 0 spiro atoms. The van der Waals surface area contributed by atoms with Gasteiger partial charge < -0.3 is 0 Å². The molecule has 4 heteroatoms. The van der Waals surface area contributed by atoms with Crippen LogP contribution in [0.5, 0.6) is 0 Å². The van der Waals surface area contributed by atoms with Crippen LogP contribution in [0.25, 0.3) is 0 Å². The van der Waals surface area contributed by atoms with E-state index in [0.29, 0.717) is 0 Å². The Bertz CT molecular complexity index is 294. The van der Waals surface area contributed by atoms with Gasteiger partial charge in [-0.25, -0.2) is 0 Å². The third kappa shape index (κ3) is 1.77. The molecule has 0 aliphatic rings. The SMILES string of the molecule is Cl[As](c1cccs1)c1cccs1. The Kier molecular flexibility index (Phi) is 2.92. The summed E-state index contributed by atoms with van der Waals surface area (Å²) < 4.78 is 2.73. The van der Waals surface area contributed by atoms with Crippen LogP contribution in [0.3, 0.4) is 0 Å². The van der Waals surface area contributed by atoms with Gasteiger partial charge in [-0.1, -0.05) is 0 Å². The normalized spacial score (nSPS) is 10.8. The quantitative estimate of drug-likeness (QED) is 0.738. The molecule has 12 heavy (non-hydrogen) atoms. The van der Waals surface area contributed by atoms with Gasteiger partial charge in [0.15, 0.2) is 0 Å². The van der Waals surface area contributed by atoms with Gasteiger partial charge in [0, 0.05) is 0 Å². The predicted octanol–water partition coefficient (Wildman–Crippen LogP) is 2.15. The van der Waals surface area contributed by atoms with Gasteiger partial charge in [0.05, 0.1) is 0 Å². The van der Waals surface area contributed by atoms with Crippen LogP contribution in [0.4, 0.5) is 0 Å². The van der Waals surface area contributed by atoms with Gasteiger partial charge in [-0.3, -0.25) is 0 Å². The second-order valence-corrected chi connectivity index (χ2v) is 10.4. The van der Waals surface area contributed by atoms with E-state index in [-0.39, 0.29) is 0 Å². The average Bonchev–Trinajstić information content (AvgIpc) is 2.77. The molecule has 0 aliphatic heterocycles. The molecule has 0 nitrogen and oxygen atoms in total. The maximum absolute atomic E-state index is 6.38. The molecule has 0 atom stereocenters. The molecule has 0 saturated heterocycles. The minimum absolute atomic E-state index is 1.37. The van der Waals surface area contributed by atoms with E-state index < -0.39 is 13.7 Å². The van der Waals surface area contributed by atoms with Crippen molar-refractivity contribution in [1.82, 2.24) is 0 Å². The molecule has 0 unspecified atom stereocenters. The van der Waals surface area contributed by atoms with Crippen molar-refractivity contribution >= 4 is 53.7 Å². The summed E-state index contributed by atoms with van der Waals surface area (Å²) in [6.07, 6.45) is 0. The van der Waals surface area contributed by atoms with Crippen LogP contribution in [0.1, 0.15) is 0 Å². The zero-order chi connectivity index (χ0) is 8.39. The summed E-state index contributed by atoms with van der Waals surface area (Å²) in [5.74, 6) is 0. The van der Waals surface area contributed by atoms with E-state index in [0.717, 1.165) is 0 Å². The molecule has 0 saturated carbocycles. The second-order valence-electron chi connectivity index (χ2n) is 2.18. The Labute approximate surface area is 88.2 Å². The minimum atomic E-state index is -1.38. The fraction of sp³-hybridized carbons (Fsp3) is 0. The van der Waals surface area contributed by atoms with Gasteiger partial charge in [-0.2, -0.15) is 0 Å². The molecule has 0 amide bonds. The molecule has 0 N–H and O–H groups in total. The summed E-state index contributed by atoms with van der Waals surface area (Å²) in [7, 11) is 6.38. The first-order valence-corrected chi connectivity index (χ1v) is 9.51. The van der Waals surface area contributed by atoms with E-state index in [1.165, 1.54) is 7.33 Å². The summed E-state index contributed by atoms with van der Waals surface area (Å²) in [6.45, 7) is 0. The third-order valence-corrected chi connectivity index (χ3v) is 11.1. The molecule has 0 aliphatic carbocycles. The summed E-state index contributed by atoms with van der Waals surface area (Å²) >= 11 is 2.16. The van der Waals surface area contributed by atoms with Crippen LogP contribution in [0.15, 0.2) is 35.0 Å². The van der Waals surface area contributed by atoms with Gasteiger partial charge in [0.1, 0.15) is 0 Å². The number of halogens is 1. The van der Waals surface area contributed by atoms with Crippen LogP contribution >= 0.6 is 32.6 Å². The fourth-order valence-corrected chi connectivity index (χ4v) is 8.41. The van der Waals surface area contributed by atoms with Gasteiger partial charge >= 0.3 is 88.7 Å². The fourth-order valence-electron chi connectivity index (χ4n) is 0.872. The molecular weight excluding hydrogens is 271 g/mol. The van der Waals surface area contributed by atoms with Crippen molar-refractivity contribution in [2.75, 3.05) is 0 Å². The zero-order valence-corrected chi connectivity index (χ0v) is 10.4. The standard InChI is InChI=1S/C8H6AsClS2/c10-9(7-3-1-5-11-7)8-4-2-6-12-8/h1-6H. The summed E-state index contributed by atoms with van der Waals surface area (Å²) in [5, 5.41) is 4.18. The maximum atomic E-state index is 6.38. The first kappa shape index (κ1) is 8.83. The van der Waals surface area contributed by atoms with Crippen molar-refractivity contribution < 1.29 is 0 Å². The first-order chi connectivity index (χ1) is 5.88. The summed E-state index contributed by atoms with van der Waals surface area (Å²) in [5.41, 5.74) is 0. The second kappa shape index (κ2) is 3.97. The predicted molar refractivity (Wildman–Crippen MR) is 59.5 cm³/mol. The molecule has 2 aromatic rings. The van der Waals surface area contributed by atoms with Crippen LogP contribution in [0, 0.1) is 0 Å². The molecule has 2 rings (SSSR count). The van der Waals surface area contributed by atoms with Crippen molar-refractivity contribution in [3.63, 3.8) is 0 Å². The van der Waals surface area contributed by atoms with E-state index in [9.17, 15) is 0 Å². The van der Waals surface area contributed by atoms with E-state index in [1.807, 2.05) is 0 Å². The topological polar surface area (TPSA) is 0 Å². The third-order valence-electron chi connectivity index (χ3n) is 1.40. The number of rotatable bonds is 2. The van der Waals surface area contributed by atoms with E-state index >= 15 is 0 Å². The Hall–Kier alpha value is 0.248. The number of thiophene rings is 2. The van der Waals surface area contributed by atoms with Crippen molar-refractivity contribution in [2.24, 2.45) is 0 Å². The molecule has 0 bridgehead atoms. The molecule has 0 radical (unpaired) electrons. The van der Waals surface area contributed by atoms with E-state index in [4.69, 9.17) is 9.95 Å². The molecular formula is C8H6AsClS2. The Morgan fingerprint density at radius 3 is 1.83 bits per heavy atom. The Morgan fingerprint density at radius 1 is 1.00 bits per heavy atom. The molecule has 2 aromatic heterocycles. The number of hydrogen-bond acceptors (Lipinski definition) is 2. The molecule has 62 valence electrons. The van der Waals surface area contributed by atoms with Crippen LogP contribution in [-0.4, -0.2) is 13.7 Å². The number of hydrogen-bond donors (Lipinski definition) is 0. The van der Waals surface area contributed by atoms with Gasteiger partial charge in [-0.15, -0.1) is 0 Å². The van der Waals surface area contributed by atoms with Crippen LogP contribution < -0.4 is 7.33 Å². The van der Waals surface area contributed by atoms with Crippen LogP contribution in [0.2, 0.25) is 0 Å². The van der Waals surface area contributed by atoms with Crippen molar-refractivity contribution in [1.29, 1.82) is 0 Å². The monoisotopic (exact) mass is 276 g/mol. The van der Waals surface area contributed by atoms with Gasteiger partial charge in [0.25, 0.3) is 0 Å². The van der Waals surface area contributed by atoms with E-state index in [1.54, 1.807) is 22.7 Å². The Balaban J connectivity index is 2.27. The van der Waals surface area contributed by atoms with Crippen molar-refractivity contribution in [2.45, 2.75) is 0 Å².